The van der Waals surface area contributed by atoms with Gasteiger partial charge in [0.05, 0.1) is 25.5 Å². The molecule has 1 rings (SSSR count). The lowest BCUT2D eigenvalue weighted by molar-refractivity contribution is 0.0716. The first-order chi connectivity index (χ1) is 9.61. The molecule has 0 unspecified atom stereocenters. The Labute approximate surface area is 122 Å². The van der Waals surface area contributed by atoms with Gasteiger partial charge in [-0.05, 0) is 25.5 Å². The minimum absolute atomic E-state index is 0.616. The van der Waals surface area contributed by atoms with Gasteiger partial charge in [0, 0.05) is 25.8 Å². The molecule has 114 valence electrons. The molecule has 0 spiro atoms. The molecule has 0 aliphatic carbocycles. The van der Waals surface area contributed by atoms with E-state index in [1.807, 2.05) is 13.0 Å². The van der Waals surface area contributed by atoms with Gasteiger partial charge in [-0.2, -0.15) is 0 Å². The van der Waals surface area contributed by atoms with Gasteiger partial charge in [-0.25, -0.2) is 9.97 Å². The highest BCUT2D eigenvalue weighted by molar-refractivity contribution is 5.10. The van der Waals surface area contributed by atoms with Crippen LogP contribution < -0.4 is 5.32 Å². The van der Waals surface area contributed by atoms with Crippen LogP contribution in [0.25, 0.3) is 0 Å². The summed E-state index contributed by atoms with van der Waals surface area (Å²) in [4.78, 5) is 9.01. The SMILES string of the molecule is COCCOCCc1nc(C)cc(CNCC(C)C)n1. The highest BCUT2D eigenvalue weighted by Crippen LogP contribution is 2.02. The van der Waals surface area contributed by atoms with Gasteiger partial charge < -0.3 is 14.8 Å². The Balaban J connectivity index is 2.40. The number of aromatic nitrogens is 2. The molecule has 0 aromatic carbocycles. The summed E-state index contributed by atoms with van der Waals surface area (Å²) in [6.07, 6.45) is 0.739. The molecule has 1 N–H and O–H groups in total. The molecule has 0 fully saturated rings. The lowest BCUT2D eigenvalue weighted by Crippen LogP contribution is -2.20. The van der Waals surface area contributed by atoms with Crippen LogP contribution in [-0.4, -0.2) is 43.4 Å². The number of rotatable bonds is 10. The Hall–Kier alpha value is -1.04. The number of ether oxygens (including phenoxy) is 2. The summed E-state index contributed by atoms with van der Waals surface area (Å²) in [6, 6.07) is 2.03. The molecule has 0 aliphatic rings. The quantitative estimate of drug-likeness (QED) is 0.662. The fourth-order valence-corrected chi connectivity index (χ4v) is 1.80. The van der Waals surface area contributed by atoms with Crippen molar-refractivity contribution in [3.63, 3.8) is 0 Å². The first kappa shape index (κ1) is 17.0. The zero-order valence-corrected chi connectivity index (χ0v) is 13.1. The van der Waals surface area contributed by atoms with Crippen LogP contribution in [0.1, 0.15) is 31.1 Å². The summed E-state index contributed by atoms with van der Waals surface area (Å²) < 4.78 is 10.4. The van der Waals surface area contributed by atoms with Crippen molar-refractivity contribution in [1.29, 1.82) is 0 Å². The van der Waals surface area contributed by atoms with E-state index in [0.29, 0.717) is 25.7 Å². The van der Waals surface area contributed by atoms with Crippen molar-refractivity contribution in [2.45, 2.75) is 33.7 Å². The van der Waals surface area contributed by atoms with E-state index in [9.17, 15) is 0 Å². The number of methoxy groups -OCH3 is 1. The highest BCUT2D eigenvalue weighted by Gasteiger charge is 2.03. The van der Waals surface area contributed by atoms with Gasteiger partial charge in [-0.1, -0.05) is 13.8 Å². The average molecular weight is 281 g/mol. The van der Waals surface area contributed by atoms with Crippen LogP contribution in [0, 0.1) is 12.8 Å². The summed E-state index contributed by atoms with van der Waals surface area (Å²) in [5, 5.41) is 3.40. The fourth-order valence-electron chi connectivity index (χ4n) is 1.80. The van der Waals surface area contributed by atoms with E-state index >= 15 is 0 Å². The van der Waals surface area contributed by atoms with Gasteiger partial charge in [0.15, 0.2) is 0 Å². The summed E-state index contributed by atoms with van der Waals surface area (Å²) >= 11 is 0. The Morgan fingerprint density at radius 3 is 2.70 bits per heavy atom. The first-order valence-corrected chi connectivity index (χ1v) is 7.22. The Bertz CT molecular complexity index is 383. The van der Waals surface area contributed by atoms with Crippen molar-refractivity contribution in [3.8, 4) is 0 Å². The van der Waals surface area contributed by atoms with E-state index in [0.717, 1.165) is 36.7 Å². The van der Waals surface area contributed by atoms with Crippen molar-refractivity contribution in [2.75, 3.05) is 33.5 Å². The van der Waals surface area contributed by atoms with Gasteiger partial charge >= 0.3 is 0 Å². The molecule has 0 radical (unpaired) electrons. The third-order valence-electron chi connectivity index (χ3n) is 2.71. The number of hydrogen-bond acceptors (Lipinski definition) is 5. The van der Waals surface area contributed by atoms with Crippen LogP contribution in [0.5, 0.6) is 0 Å². The fraction of sp³-hybridized carbons (Fsp3) is 0.733. The van der Waals surface area contributed by atoms with Gasteiger partial charge in [-0.3, -0.25) is 0 Å². The molecule has 20 heavy (non-hydrogen) atoms. The topological polar surface area (TPSA) is 56.3 Å². The molecule has 5 heteroatoms. The molecule has 1 aromatic rings. The van der Waals surface area contributed by atoms with E-state index in [-0.39, 0.29) is 0 Å². The maximum absolute atomic E-state index is 5.45. The van der Waals surface area contributed by atoms with Gasteiger partial charge in [0.1, 0.15) is 5.82 Å². The van der Waals surface area contributed by atoms with Crippen molar-refractivity contribution >= 4 is 0 Å². The van der Waals surface area contributed by atoms with Crippen LogP contribution in [-0.2, 0) is 22.4 Å². The third kappa shape index (κ3) is 7.53. The second-order valence-electron chi connectivity index (χ2n) is 5.30. The van der Waals surface area contributed by atoms with Crippen molar-refractivity contribution in [1.82, 2.24) is 15.3 Å². The third-order valence-corrected chi connectivity index (χ3v) is 2.71. The Kier molecular flexibility index (Phi) is 8.34. The van der Waals surface area contributed by atoms with Crippen LogP contribution >= 0.6 is 0 Å². The van der Waals surface area contributed by atoms with Gasteiger partial charge in [-0.15, -0.1) is 0 Å². The summed E-state index contributed by atoms with van der Waals surface area (Å²) in [5.41, 5.74) is 2.05. The molecular weight excluding hydrogens is 254 g/mol. The molecule has 5 nitrogen and oxygen atoms in total. The van der Waals surface area contributed by atoms with E-state index in [2.05, 4.69) is 29.1 Å². The van der Waals surface area contributed by atoms with Crippen molar-refractivity contribution < 1.29 is 9.47 Å². The molecule has 1 heterocycles. The van der Waals surface area contributed by atoms with Crippen LogP contribution in [0.15, 0.2) is 6.07 Å². The normalized spacial score (nSPS) is 11.2. The maximum Gasteiger partial charge on any atom is 0.131 e. The highest BCUT2D eigenvalue weighted by atomic mass is 16.5. The molecular formula is C15H27N3O2. The molecule has 0 amide bonds. The number of hydrogen-bond donors (Lipinski definition) is 1. The summed E-state index contributed by atoms with van der Waals surface area (Å²) in [5.74, 6) is 1.50. The monoisotopic (exact) mass is 281 g/mol. The lowest BCUT2D eigenvalue weighted by atomic mass is 10.2. The summed E-state index contributed by atoms with van der Waals surface area (Å²) in [7, 11) is 1.67. The molecule has 1 aromatic heterocycles. The average Bonchev–Trinajstić information content (AvgIpc) is 2.37. The largest absolute Gasteiger partial charge is 0.382 e. The second kappa shape index (κ2) is 9.80. The zero-order chi connectivity index (χ0) is 14.8. The minimum atomic E-state index is 0.616. The minimum Gasteiger partial charge on any atom is -0.382 e. The van der Waals surface area contributed by atoms with Gasteiger partial charge in [0.25, 0.3) is 0 Å². The van der Waals surface area contributed by atoms with Crippen molar-refractivity contribution in [3.05, 3.63) is 23.3 Å². The summed E-state index contributed by atoms with van der Waals surface area (Å²) in [6.45, 7) is 10.1. The zero-order valence-electron chi connectivity index (χ0n) is 13.1. The van der Waals surface area contributed by atoms with E-state index in [4.69, 9.17) is 9.47 Å². The van der Waals surface area contributed by atoms with E-state index in [1.54, 1.807) is 7.11 Å². The maximum atomic E-state index is 5.45. The number of nitrogens with zero attached hydrogens (tertiary/aromatic N) is 2. The van der Waals surface area contributed by atoms with Crippen molar-refractivity contribution in [2.24, 2.45) is 5.92 Å². The lowest BCUT2D eigenvalue weighted by Gasteiger charge is -2.09. The molecule has 0 bridgehead atoms. The van der Waals surface area contributed by atoms with Crippen LogP contribution in [0.3, 0.4) is 0 Å². The molecule has 0 aliphatic heterocycles. The van der Waals surface area contributed by atoms with E-state index < -0.39 is 0 Å². The standard InChI is InChI=1S/C15H27N3O2/c1-12(2)10-16-11-14-9-13(3)17-15(18-14)5-6-20-8-7-19-4/h9,12,16H,5-8,10-11H2,1-4H3. The molecule has 0 saturated heterocycles. The Morgan fingerprint density at radius 1 is 1.20 bits per heavy atom. The van der Waals surface area contributed by atoms with Gasteiger partial charge in [0.2, 0.25) is 0 Å². The predicted octanol–water partition coefficient (Wildman–Crippen LogP) is 1.74. The Morgan fingerprint density at radius 2 is 2.00 bits per heavy atom. The van der Waals surface area contributed by atoms with Crippen LogP contribution in [0.4, 0.5) is 0 Å². The van der Waals surface area contributed by atoms with Crippen LogP contribution in [0.2, 0.25) is 0 Å². The smallest absolute Gasteiger partial charge is 0.131 e. The number of nitrogens with one attached hydrogen (secondary N) is 1. The molecule has 0 atom stereocenters. The first-order valence-electron chi connectivity index (χ1n) is 7.22. The second-order valence-corrected chi connectivity index (χ2v) is 5.30. The van der Waals surface area contributed by atoms with E-state index in [1.165, 1.54) is 0 Å². The molecule has 0 saturated carbocycles. The predicted molar refractivity (Wildman–Crippen MR) is 79.7 cm³/mol. The number of aryl methyl sites for hydroxylation is 1.